The molecule has 0 unspecified atom stereocenters. The molecular formula is C59H38N2S. The van der Waals surface area contributed by atoms with Crippen LogP contribution in [0.3, 0.4) is 0 Å². The second kappa shape index (κ2) is 15.0. The lowest BCUT2D eigenvalue weighted by atomic mass is 9.89. The van der Waals surface area contributed by atoms with Crippen LogP contribution in [0.4, 0.5) is 0 Å². The van der Waals surface area contributed by atoms with Gasteiger partial charge in [-0.3, -0.25) is 4.57 Å². The first-order chi connectivity index (χ1) is 30.7. The highest BCUT2D eigenvalue weighted by molar-refractivity contribution is 7.25. The van der Waals surface area contributed by atoms with Gasteiger partial charge in [-0.2, -0.15) is 0 Å². The summed E-state index contributed by atoms with van der Waals surface area (Å²) in [4.78, 5) is 5.61. The number of rotatable bonds is 7. The molecule has 0 bridgehead atoms. The summed E-state index contributed by atoms with van der Waals surface area (Å²) in [6, 6.07) is 81.5. The van der Waals surface area contributed by atoms with Crippen molar-refractivity contribution in [2.24, 2.45) is 0 Å². The molecule has 3 aromatic heterocycles. The van der Waals surface area contributed by atoms with Crippen molar-refractivity contribution < 1.29 is 0 Å². The number of hydrogen-bond acceptors (Lipinski definition) is 2. The number of benzene rings is 9. The van der Waals surface area contributed by atoms with Crippen LogP contribution in [0.25, 0.3) is 115 Å². The van der Waals surface area contributed by atoms with E-state index in [2.05, 4.69) is 235 Å². The van der Waals surface area contributed by atoms with Crippen LogP contribution in [0.1, 0.15) is 0 Å². The number of aromatic nitrogens is 2. The molecule has 0 saturated carbocycles. The maximum Gasteiger partial charge on any atom is 0.145 e. The van der Waals surface area contributed by atoms with Crippen LogP contribution in [0.5, 0.6) is 0 Å². The highest BCUT2D eigenvalue weighted by atomic mass is 32.1. The maximum absolute atomic E-state index is 5.61. The Bertz CT molecular complexity index is 3550. The fraction of sp³-hybridized carbons (Fsp3) is 0. The van der Waals surface area contributed by atoms with Crippen LogP contribution in [0.2, 0.25) is 0 Å². The van der Waals surface area contributed by atoms with Gasteiger partial charge in [-0.15, -0.1) is 11.3 Å². The predicted octanol–water partition coefficient (Wildman–Crippen LogP) is 16.5. The van der Waals surface area contributed by atoms with E-state index in [0.717, 1.165) is 61.4 Å². The number of hydrogen-bond donors (Lipinski definition) is 0. The van der Waals surface area contributed by atoms with Gasteiger partial charge in [0, 0.05) is 48.3 Å². The third kappa shape index (κ3) is 6.22. The summed E-state index contributed by atoms with van der Waals surface area (Å²) in [5.41, 5.74) is 15.9. The van der Waals surface area contributed by atoms with Gasteiger partial charge in [0.2, 0.25) is 0 Å². The molecule has 0 N–H and O–H groups in total. The SMILES string of the molecule is c1ccc(-c2cc(-c3ccccc3)cc(-c3cc(-c4cc(-c5ccccc5)ccc4-c4ccccc4)cnc3-n3c4ccccc4c4cc5sc6ccccc6c5cc43)c2)cc1. The Kier molecular flexibility index (Phi) is 8.72. The first-order valence-electron chi connectivity index (χ1n) is 21.1. The van der Waals surface area contributed by atoms with Crippen molar-refractivity contribution >= 4 is 53.3 Å². The van der Waals surface area contributed by atoms with Gasteiger partial charge in [0.15, 0.2) is 0 Å². The van der Waals surface area contributed by atoms with E-state index in [4.69, 9.17) is 4.98 Å². The molecule has 0 aliphatic heterocycles. The Morgan fingerprint density at radius 3 is 1.52 bits per heavy atom. The summed E-state index contributed by atoms with van der Waals surface area (Å²) in [6.07, 6.45) is 2.09. The van der Waals surface area contributed by atoms with Crippen LogP contribution < -0.4 is 0 Å². The van der Waals surface area contributed by atoms with E-state index < -0.39 is 0 Å². The van der Waals surface area contributed by atoms with Crippen molar-refractivity contribution in [1.29, 1.82) is 0 Å². The maximum atomic E-state index is 5.61. The molecule has 0 aliphatic carbocycles. The summed E-state index contributed by atoms with van der Waals surface area (Å²) < 4.78 is 5.00. The summed E-state index contributed by atoms with van der Waals surface area (Å²) >= 11 is 1.86. The molecular weight excluding hydrogens is 769 g/mol. The van der Waals surface area contributed by atoms with Gasteiger partial charge >= 0.3 is 0 Å². The predicted molar refractivity (Wildman–Crippen MR) is 264 cm³/mol. The zero-order valence-electron chi connectivity index (χ0n) is 33.7. The van der Waals surface area contributed by atoms with Gasteiger partial charge in [-0.25, -0.2) is 4.98 Å². The van der Waals surface area contributed by atoms with Crippen molar-refractivity contribution in [2.45, 2.75) is 0 Å². The van der Waals surface area contributed by atoms with Gasteiger partial charge in [0.25, 0.3) is 0 Å². The highest BCUT2D eigenvalue weighted by Crippen LogP contribution is 2.44. The van der Waals surface area contributed by atoms with Crippen LogP contribution in [0, 0.1) is 0 Å². The number of nitrogens with zero attached hydrogens (tertiary/aromatic N) is 2. The fourth-order valence-corrected chi connectivity index (χ4v) is 10.4. The standard InChI is InChI=1S/C59H38N2S/c1-5-17-39(18-6-1)43-29-30-48(42-23-11-4-12-24-42)51(34-43)47-35-52(46-32-44(40-19-7-2-8-20-40)31-45(33-46)41-21-9-3-10-22-41)59(60-38-47)61-55-27-15-13-25-49(55)53-37-58-54(36-56(53)61)50-26-14-16-28-57(50)62-58/h1-38H. The topological polar surface area (TPSA) is 17.8 Å². The largest absolute Gasteiger partial charge is 0.293 e. The summed E-state index contributed by atoms with van der Waals surface area (Å²) in [5.74, 6) is 0.892. The molecule has 3 heterocycles. The molecule has 2 nitrogen and oxygen atoms in total. The lowest BCUT2D eigenvalue weighted by Crippen LogP contribution is -2.02. The monoisotopic (exact) mass is 806 g/mol. The van der Waals surface area contributed by atoms with E-state index in [-0.39, 0.29) is 0 Å². The zero-order chi connectivity index (χ0) is 41.0. The van der Waals surface area contributed by atoms with Gasteiger partial charge in [0.1, 0.15) is 5.82 Å². The lowest BCUT2D eigenvalue weighted by Gasteiger charge is -2.19. The first-order valence-corrected chi connectivity index (χ1v) is 21.9. The molecule has 0 fully saturated rings. The Hall–Kier alpha value is -7.85. The molecule has 3 heteroatoms. The Labute approximate surface area is 364 Å². The Morgan fingerprint density at radius 2 is 0.839 bits per heavy atom. The highest BCUT2D eigenvalue weighted by Gasteiger charge is 2.22. The minimum absolute atomic E-state index is 0.892. The van der Waals surface area contributed by atoms with Crippen molar-refractivity contribution in [3.8, 4) is 72.6 Å². The Balaban J connectivity index is 1.18. The van der Waals surface area contributed by atoms with Crippen molar-refractivity contribution in [3.63, 3.8) is 0 Å². The van der Waals surface area contributed by atoms with Crippen LogP contribution in [0.15, 0.2) is 231 Å². The van der Waals surface area contributed by atoms with Crippen LogP contribution in [-0.2, 0) is 0 Å². The molecule has 290 valence electrons. The second-order valence-corrected chi connectivity index (χ2v) is 17.0. The van der Waals surface area contributed by atoms with Crippen LogP contribution in [-0.4, -0.2) is 9.55 Å². The quantitative estimate of drug-likeness (QED) is 0.157. The molecule has 0 amide bonds. The molecule has 0 radical (unpaired) electrons. The molecule has 12 rings (SSSR count). The van der Waals surface area contributed by atoms with Crippen LogP contribution >= 0.6 is 11.3 Å². The van der Waals surface area contributed by atoms with Gasteiger partial charge in [-0.05, 0) is 110 Å². The number of fused-ring (bicyclic) bond motifs is 6. The normalized spacial score (nSPS) is 11.5. The molecule has 0 spiro atoms. The second-order valence-electron chi connectivity index (χ2n) is 15.9. The van der Waals surface area contributed by atoms with E-state index in [1.165, 1.54) is 53.2 Å². The summed E-state index contributed by atoms with van der Waals surface area (Å²) in [5, 5.41) is 4.98. The third-order valence-corrected chi connectivity index (χ3v) is 13.4. The number of pyridine rings is 1. The zero-order valence-corrected chi connectivity index (χ0v) is 34.6. The third-order valence-electron chi connectivity index (χ3n) is 12.2. The smallest absolute Gasteiger partial charge is 0.145 e. The van der Waals surface area contributed by atoms with Crippen molar-refractivity contribution in [3.05, 3.63) is 231 Å². The van der Waals surface area contributed by atoms with Gasteiger partial charge in [-0.1, -0.05) is 170 Å². The van der Waals surface area contributed by atoms with Gasteiger partial charge < -0.3 is 0 Å². The molecule has 0 saturated heterocycles. The van der Waals surface area contributed by atoms with Gasteiger partial charge in [0.05, 0.1) is 11.0 Å². The van der Waals surface area contributed by atoms with E-state index in [9.17, 15) is 0 Å². The van der Waals surface area contributed by atoms with E-state index in [1.54, 1.807) is 0 Å². The molecule has 0 aliphatic rings. The minimum Gasteiger partial charge on any atom is -0.293 e. The van der Waals surface area contributed by atoms with E-state index in [0.29, 0.717) is 0 Å². The molecule has 9 aromatic carbocycles. The van der Waals surface area contributed by atoms with Crippen molar-refractivity contribution in [2.75, 3.05) is 0 Å². The average Bonchev–Trinajstić information content (AvgIpc) is 3.88. The van der Waals surface area contributed by atoms with E-state index >= 15 is 0 Å². The number of para-hydroxylation sites is 1. The van der Waals surface area contributed by atoms with E-state index in [1.807, 2.05) is 11.3 Å². The molecule has 62 heavy (non-hydrogen) atoms. The summed E-state index contributed by atoms with van der Waals surface area (Å²) in [7, 11) is 0. The molecule has 0 atom stereocenters. The first kappa shape index (κ1) is 36.0. The Morgan fingerprint density at radius 1 is 0.290 bits per heavy atom. The average molecular weight is 807 g/mol. The fourth-order valence-electron chi connectivity index (χ4n) is 9.25. The minimum atomic E-state index is 0.892. The lowest BCUT2D eigenvalue weighted by molar-refractivity contribution is 1.08. The number of thiophene rings is 1. The van der Waals surface area contributed by atoms with Crippen molar-refractivity contribution in [1.82, 2.24) is 9.55 Å². The molecule has 12 aromatic rings. The summed E-state index contributed by atoms with van der Waals surface area (Å²) in [6.45, 7) is 0.